The van der Waals surface area contributed by atoms with Crippen LogP contribution in [0.5, 0.6) is 5.75 Å². The molecule has 0 bridgehead atoms. The summed E-state index contributed by atoms with van der Waals surface area (Å²) < 4.78 is 11.1. The van der Waals surface area contributed by atoms with Gasteiger partial charge in [0.05, 0.1) is 17.4 Å². The summed E-state index contributed by atoms with van der Waals surface area (Å²) in [6, 6.07) is 39.4. The molecule has 0 heterocycles. The van der Waals surface area contributed by atoms with Crippen LogP contribution in [0.2, 0.25) is 0 Å². The van der Waals surface area contributed by atoms with E-state index in [-0.39, 0.29) is 17.6 Å². The monoisotopic (exact) mass is 727 g/mol. The number of amides is 3. The third-order valence-electron chi connectivity index (χ3n) is 7.88. The Balaban J connectivity index is 1.19. The van der Waals surface area contributed by atoms with Crippen LogP contribution >= 0.6 is 11.8 Å². The van der Waals surface area contributed by atoms with E-state index in [9.17, 15) is 19.2 Å². The quantitative estimate of drug-likeness (QED) is 0.0402. The number of thioether (sulfide) groups is 1. The number of unbranched alkanes of at least 4 members (excludes halogenated alkanes) is 1. The Morgan fingerprint density at radius 1 is 0.717 bits per heavy atom. The van der Waals surface area contributed by atoms with Crippen molar-refractivity contribution in [3.8, 4) is 5.75 Å². The van der Waals surface area contributed by atoms with Gasteiger partial charge in [-0.3, -0.25) is 14.4 Å². The minimum Gasteiger partial charge on any atom is -0.489 e. The van der Waals surface area contributed by atoms with E-state index in [1.54, 1.807) is 73.7 Å². The molecule has 0 aliphatic heterocycles. The van der Waals surface area contributed by atoms with Gasteiger partial charge in [-0.2, -0.15) is 0 Å². The van der Waals surface area contributed by atoms with E-state index in [4.69, 9.17) is 9.47 Å². The molecule has 0 aromatic heterocycles. The molecule has 5 aromatic carbocycles. The lowest BCUT2D eigenvalue weighted by Crippen LogP contribution is -2.30. The number of hydrogen-bond donors (Lipinski definition) is 3. The Hall–Kier alpha value is -6.13. The van der Waals surface area contributed by atoms with Crippen LogP contribution in [-0.4, -0.2) is 35.5 Å². The molecule has 10 heteroatoms. The Morgan fingerprint density at radius 2 is 1.34 bits per heavy atom. The maximum absolute atomic E-state index is 13.6. The van der Waals surface area contributed by atoms with E-state index in [1.807, 2.05) is 79.7 Å². The van der Waals surface area contributed by atoms with Crippen LogP contribution in [0.3, 0.4) is 0 Å². The van der Waals surface area contributed by atoms with Crippen LogP contribution < -0.4 is 20.7 Å². The molecule has 53 heavy (non-hydrogen) atoms. The van der Waals surface area contributed by atoms with Gasteiger partial charge < -0.3 is 25.4 Å². The predicted octanol–water partition coefficient (Wildman–Crippen LogP) is 8.75. The number of hydrogen-bond acceptors (Lipinski definition) is 7. The van der Waals surface area contributed by atoms with Crippen molar-refractivity contribution >= 4 is 52.9 Å². The van der Waals surface area contributed by atoms with Gasteiger partial charge in [0, 0.05) is 21.8 Å². The molecule has 1 unspecified atom stereocenters. The normalized spacial score (nSPS) is 11.5. The summed E-state index contributed by atoms with van der Waals surface area (Å²) in [5, 5.41) is 8.06. The summed E-state index contributed by atoms with van der Waals surface area (Å²) in [5.41, 5.74) is 3.71. The van der Waals surface area contributed by atoms with Crippen LogP contribution in [0.4, 0.5) is 11.4 Å². The highest BCUT2D eigenvalue weighted by atomic mass is 32.2. The van der Waals surface area contributed by atoms with Crippen LogP contribution in [-0.2, 0) is 20.9 Å². The minimum atomic E-state index is -0.507. The lowest BCUT2D eigenvalue weighted by Gasteiger charge is -2.14. The molecular weight excluding hydrogens is 687 g/mol. The van der Waals surface area contributed by atoms with Gasteiger partial charge in [-0.25, -0.2) is 4.79 Å². The highest BCUT2D eigenvalue weighted by Gasteiger charge is 2.17. The van der Waals surface area contributed by atoms with Gasteiger partial charge >= 0.3 is 5.97 Å². The summed E-state index contributed by atoms with van der Waals surface area (Å²) in [5.74, 6) is -0.850. The second-order valence-corrected chi connectivity index (χ2v) is 13.4. The summed E-state index contributed by atoms with van der Waals surface area (Å²) in [6.45, 7) is 4.62. The number of nitrogens with one attached hydrogen (secondary N) is 3. The largest absolute Gasteiger partial charge is 0.489 e. The van der Waals surface area contributed by atoms with Crippen LogP contribution in [0.25, 0.3) is 6.08 Å². The van der Waals surface area contributed by atoms with Crippen LogP contribution in [0.15, 0.2) is 144 Å². The van der Waals surface area contributed by atoms with E-state index in [0.717, 1.165) is 23.3 Å². The second kappa shape index (κ2) is 19.5. The van der Waals surface area contributed by atoms with Gasteiger partial charge in [-0.1, -0.05) is 74.0 Å². The van der Waals surface area contributed by atoms with E-state index < -0.39 is 17.1 Å². The standard InChI is InChI=1S/C43H41N3O6S/c1-3-4-27-51-43(50)34-17-19-35(20-18-34)44-40(47)30(2)53-38-25-21-36(22-26-38)45-42(49)39(46-41(48)33-13-9-6-10-14-33)28-31-15-23-37(24-16-31)52-29-32-11-7-5-8-12-32/h5-26,28,30H,3-4,27,29H2,1-2H3,(H,44,47)(H,45,49)(H,46,48)/b39-28-. The number of esters is 1. The van der Waals surface area contributed by atoms with Gasteiger partial charge in [0.1, 0.15) is 18.1 Å². The molecule has 5 aromatic rings. The minimum absolute atomic E-state index is 0.0574. The lowest BCUT2D eigenvalue weighted by atomic mass is 10.1. The summed E-state index contributed by atoms with van der Waals surface area (Å²) >= 11 is 1.36. The van der Waals surface area contributed by atoms with E-state index >= 15 is 0 Å². The summed E-state index contributed by atoms with van der Waals surface area (Å²) in [6.07, 6.45) is 3.35. The molecule has 5 rings (SSSR count). The van der Waals surface area contributed by atoms with Gasteiger partial charge in [0.15, 0.2) is 0 Å². The number of benzene rings is 5. The molecular formula is C43H41N3O6S. The van der Waals surface area contributed by atoms with Gasteiger partial charge in [0.2, 0.25) is 5.91 Å². The first-order chi connectivity index (χ1) is 25.8. The Morgan fingerprint density at radius 3 is 2.00 bits per heavy atom. The van der Waals surface area contributed by atoms with E-state index in [0.29, 0.717) is 47.0 Å². The average Bonchev–Trinajstić information content (AvgIpc) is 3.19. The Kier molecular flexibility index (Phi) is 14.0. The molecule has 3 N–H and O–H groups in total. The van der Waals surface area contributed by atoms with E-state index in [1.165, 1.54) is 11.8 Å². The van der Waals surface area contributed by atoms with Crippen molar-refractivity contribution in [3.63, 3.8) is 0 Å². The zero-order chi connectivity index (χ0) is 37.4. The lowest BCUT2D eigenvalue weighted by molar-refractivity contribution is -0.115. The molecule has 1 atom stereocenters. The molecule has 270 valence electrons. The first-order valence-corrected chi connectivity index (χ1v) is 18.2. The molecule has 0 radical (unpaired) electrons. The third-order valence-corrected chi connectivity index (χ3v) is 8.99. The fraction of sp³-hybridized carbons (Fsp3) is 0.163. The molecule has 0 saturated heterocycles. The predicted molar refractivity (Wildman–Crippen MR) is 210 cm³/mol. The van der Waals surface area contributed by atoms with Crippen molar-refractivity contribution in [1.29, 1.82) is 0 Å². The molecule has 0 aliphatic rings. The average molecular weight is 728 g/mol. The van der Waals surface area contributed by atoms with Crippen molar-refractivity contribution in [2.24, 2.45) is 0 Å². The highest BCUT2D eigenvalue weighted by molar-refractivity contribution is 8.00. The van der Waals surface area contributed by atoms with Crippen molar-refractivity contribution in [1.82, 2.24) is 5.32 Å². The fourth-order valence-electron chi connectivity index (χ4n) is 4.91. The number of carbonyl (C=O) groups is 4. The van der Waals surface area contributed by atoms with Crippen molar-refractivity contribution < 1.29 is 28.7 Å². The molecule has 0 spiro atoms. The van der Waals surface area contributed by atoms with Crippen molar-refractivity contribution in [3.05, 3.63) is 161 Å². The molecule has 3 amide bonds. The third kappa shape index (κ3) is 12.0. The maximum atomic E-state index is 13.6. The Labute approximate surface area is 313 Å². The van der Waals surface area contributed by atoms with Crippen LogP contribution in [0, 0.1) is 0 Å². The smallest absolute Gasteiger partial charge is 0.338 e. The van der Waals surface area contributed by atoms with Crippen molar-refractivity contribution in [2.75, 3.05) is 17.2 Å². The fourth-order valence-corrected chi connectivity index (χ4v) is 5.78. The molecule has 9 nitrogen and oxygen atoms in total. The highest BCUT2D eigenvalue weighted by Crippen LogP contribution is 2.26. The Bertz CT molecular complexity index is 2000. The molecule has 0 aliphatic carbocycles. The van der Waals surface area contributed by atoms with Gasteiger partial charge in [0.25, 0.3) is 11.8 Å². The van der Waals surface area contributed by atoms with Crippen LogP contribution in [0.1, 0.15) is 58.5 Å². The number of rotatable bonds is 16. The first kappa shape index (κ1) is 38.1. The number of ether oxygens (including phenoxy) is 2. The summed E-state index contributed by atoms with van der Waals surface area (Å²) in [4.78, 5) is 52.5. The summed E-state index contributed by atoms with van der Waals surface area (Å²) in [7, 11) is 0. The zero-order valence-electron chi connectivity index (χ0n) is 29.5. The van der Waals surface area contributed by atoms with Crippen molar-refractivity contribution in [2.45, 2.75) is 43.4 Å². The van der Waals surface area contributed by atoms with E-state index in [2.05, 4.69) is 16.0 Å². The number of carbonyl (C=O) groups excluding carboxylic acids is 4. The van der Waals surface area contributed by atoms with Gasteiger partial charge in [-0.15, -0.1) is 11.8 Å². The molecule has 0 fully saturated rings. The van der Waals surface area contributed by atoms with Gasteiger partial charge in [-0.05, 0) is 103 Å². The zero-order valence-corrected chi connectivity index (χ0v) is 30.4. The number of anilines is 2. The first-order valence-electron chi connectivity index (χ1n) is 17.3. The topological polar surface area (TPSA) is 123 Å². The SMILES string of the molecule is CCCCOC(=O)c1ccc(NC(=O)C(C)Sc2ccc(NC(=O)/C(=C/c3ccc(OCc4ccccc4)cc3)NC(=O)c3ccccc3)cc2)cc1. The molecule has 0 saturated carbocycles. The second-order valence-electron chi connectivity index (χ2n) is 12.0. The maximum Gasteiger partial charge on any atom is 0.338 e.